The summed E-state index contributed by atoms with van der Waals surface area (Å²) in [6.45, 7) is 11.8. The SMILES string of the molecule is Cc1ccccc1CC(C)NC1CCCCC1C(C)(C)C. The summed E-state index contributed by atoms with van der Waals surface area (Å²) in [7, 11) is 0. The Labute approximate surface area is 131 Å². The van der Waals surface area contributed by atoms with Crippen LogP contribution < -0.4 is 5.32 Å². The van der Waals surface area contributed by atoms with E-state index in [-0.39, 0.29) is 0 Å². The smallest absolute Gasteiger partial charge is 0.0103 e. The van der Waals surface area contributed by atoms with Crippen LogP contribution in [0.4, 0.5) is 0 Å². The minimum absolute atomic E-state index is 0.417. The van der Waals surface area contributed by atoms with Gasteiger partial charge in [0.15, 0.2) is 0 Å². The fourth-order valence-electron chi connectivity index (χ4n) is 3.96. The van der Waals surface area contributed by atoms with Gasteiger partial charge in [-0.15, -0.1) is 0 Å². The van der Waals surface area contributed by atoms with Gasteiger partial charge in [0.25, 0.3) is 0 Å². The topological polar surface area (TPSA) is 12.0 Å². The Balaban J connectivity index is 1.97. The van der Waals surface area contributed by atoms with Gasteiger partial charge in [0.2, 0.25) is 0 Å². The highest BCUT2D eigenvalue weighted by Crippen LogP contribution is 2.38. The Kier molecular flexibility index (Phi) is 5.48. The molecule has 3 unspecified atom stereocenters. The minimum atomic E-state index is 0.417. The highest BCUT2D eigenvalue weighted by atomic mass is 15.0. The maximum atomic E-state index is 3.95. The largest absolute Gasteiger partial charge is 0.311 e. The lowest BCUT2D eigenvalue weighted by Crippen LogP contribution is -2.48. The highest BCUT2D eigenvalue weighted by Gasteiger charge is 2.34. The summed E-state index contributed by atoms with van der Waals surface area (Å²) in [5, 5.41) is 3.95. The summed E-state index contributed by atoms with van der Waals surface area (Å²) in [5.74, 6) is 0.811. The summed E-state index contributed by atoms with van der Waals surface area (Å²) in [5.41, 5.74) is 3.32. The quantitative estimate of drug-likeness (QED) is 0.810. The second-order valence-electron chi connectivity index (χ2n) is 8.06. The lowest BCUT2D eigenvalue weighted by Gasteiger charge is -2.42. The molecule has 1 saturated carbocycles. The van der Waals surface area contributed by atoms with Crippen molar-refractivity contribution in [2.75, 3.05) is 0 Å². The molecule has 1 aliphatic rings. The van der Waals surface area contributed by atoms with E-state index in [0.29, 0.717) is 17.5 Å². The predicted octanol–water partition coefficient (Wildman–Crippen LogP) is 5.12. The molecule has 1 aliphatic carbocycles. The van der Waals surface area contributed by atoms with E-state index in [1.165, 1.54) is 36.8 Å². The van der Waals surface area contributed by atoms with Crippen LogP contribution in [0.25, 0.3) is 0 Å². The second-order valence-corrected chi connectivity index (χ2v) is 8.06. The van der Waals surface area contributed by atoms with Crippen molar-refractivity contribution in [2.24, 2.45) is 11.3 Å². The van der Waals surface area contributed by atoms with Crippen molar-refractivity contribution >= 4 is 0 Å². The van der Waals surface area contributed by atoms with Gasteiger partial charge in [-0.3, -0.25) is 0 Å². The van der Waals surface area contributed by atoms with Crippen LogP contribution >= 0.6 is 0 Å². The van der Waals surface area contributed by atoms with Crippen LogP contribution in [0.3, 0.4) is 0 Å². The van der Waals surface area contributed by atoms with E-state index in [2.05, 4.69) is 64.2 Å². The van der Waals surface area contributed by atoms with E-state index in [4.69, 9.17) is 0 Å². The molecule has 1 aromatic carbocycles. The van der Waals surface area contributed by atoms with Crippen LogP contribution in [0.1, 0.15) is 64.5 Å². The van der Waals surface area contributed by atoms with E-state index in [9.17, 15) is 0 Å². The standard InChI is InChI=1S/C20H33N/c1-15-10-6-7-11-17(15)14-16(2)21-19-13-9-8-12-18(19)20(3,4)5/h6-7,10-11,16,18-19,21H,8-9,12-14H2,1-5H3. The number of aryl methyl sites for hydroxylation is 1. The Hall–Kier alpha value is -0.820. The first kappa shape index (κ1) is 16.5. The zero-order chi connectivity index (χ0) is 15.5. The van der Waals surface area contributed by atoms with Gasteiger partial charge in [-0.05, 0) is 55.6 Å². The first-order valence-electron chi connectivity index (χ1n) is 8.68. The third-order valence-electron chi connectivity index (χ3n) is 5.16. The van der Waals surface area contributed by atoms with Crippen LogP contribution in [0.2, 0.25) is 0 Å². The molecule has 0 amide bonds. The predicted molar refractivity (Wildman–Crippen MR) is 92.7 cm³/mol. The summed E-state index contributed by atoms with van der Waals surface area (Å²) in [6, 6.07) is 10.0. The molecule has 21 heavy (non-hydrogen) atoms. The third kappa shape index (κ3) is 4.57. The summed E-state index contributed by atoms with van der Waals surface area (Å²) in [6.07, 6.45) is 6.67. The molecule has 3 atom stereocenters. The molecule has 1 heteroatoms. The van der Waals surface area contributed by atoms with E-state index < -0.39 is 0 Å². The number of nitrogens with one attached hydrogen (secondary N) is 1. The maximum absolute atomic E-state index is 3.95. The first-order chi connectivity index (χ1) is 9.88. The number of hydrogen-bond donors (Lipinski definition) is 1. The molecule has 1 N–H and O–H groups in total. The summed E-state index contributed by atoms with van der Waals surface area (Å²) >= 11 is 0. The van der Waals surface area contributed by atoms with Crippen molar-refractivity contribution in [3.8, 4) is 0 Å². The maximum Gasteiger partial charge on any atom is 0.0103 e. The van der Waals surface area contributed by atoms with E-state index >= 15 is 0 Å². The van der Waals surface area contributed by atoms with Crippen molar-refractivity contribution in [2.45, 2.75) is 78.8 Å². The van der Waals surface area contributed by atoms with Crippen molar-refractivity contribution in [3.63, 3.8) is 0 Å². The average molecular weight is 287 g/mol. The molecule has 2 rings (SSSR count). The summed E-state index contributed by atoms with van der Waals surface area (Å²) < 4.78 is 0. The zero-order valence-electron chi connectivity index (χ0n) is 14.6. The van der Waals surface area contributed by atoms with Crippen LogP contribution in [-0.2, 0) is 6.42 Å². The Morgan fingerprint density at radius 3 is 2.48 bits per heavy atom. The van der Waals surface area contributed by atoms with Crippen LogP contribution in [0, 0.1) is 18.3 Å². The second kappa shape index (κ2) is 6.96. The number of benzene rings is 1. The van der Waals surface area contributed by atoms with Crippen molar-refractivity contribution in [1.82, 2.24) is 5.32 Å². The van der Waals surface area contributed by atoms with Gasteiger partial charge in [0, 0.05) is 12.1 Å². The van der Waals surface area contributed by atoms with Gasteiger partial charge in [-0.1, -0.05) is 57.9 Å². The molecule has 0 saturated heterocycles. The first-order valence-corrected chi connectivity index (χ1v) is 8.68. The highest BCUT2D eigenvalue weighted by molar-refractivity contribution is 5.26. The third-order valence-corrected chi connectivity index (χ3v) is 5.16. The lowest BCUT2D eigenvalue weighted by molar-refractivity contribution is 0.124. The van der Waals surface area contributed by atoms with Gasteiger partial charge in [0.05, 0.1) is 0 Å². The molecule has 118 valence electrons. The molecule has 0 spiro atoms. The van der Waals surface area contributed by atoms with Gasteiger partial charge in [0.1, 0.15) is 0 Å². The molecule has 1 nitrogen and oxygen atoms in total. The molecule has 1 fully saturated rings. The number of rotatable bonds is 4. The van der Waals surface area contributed by atoms with Crippen LogP contribution in [0.5, 0.6) is 0 Å². The van der Waals surface area contributed by atoms with Gasteiger partial charge >= 0.3 is 0 Å². The molecule has 1 aromatic rings. The minimum Gasteiger partial charge on any atom is -0.311 e. The zero-order valence-corrected chi connectivity index (χ0v) is 14.6. The average Bonchev–Trinajstić information content (AvgIpc) is 2.41. The van der Waals surface area contributed by atoms with Crippen LogP contribution in [0.15, 0.2) is 24.3 Å². The molecule has 0 aromatic heterocycles. The molecule has 0 radical (unpaired) electrons. The molecular formula is C20H33N. The number of hydrogen-bond acceptors (Lipinski definition) is 1. The Morgan fingerprint density at radius 1 is 1.14 bits per heavy atom. The molecule has 0 heterocycles. The lowest BCUT2D eigenvalue weighted by atomic mass is 9.69. The fraction of sp³-hybridized carbons (Fsp3) is 0.700. The van der Waals surface area contributed by atoms with Gasteiger partial charge < -0.3 is 5.32 Å². The van der Waals surface area contributed by atoms with Gasteiger partial charge in [-0.2, -0.15) is 0 Å². The Morgan fingerprint density at radius 2 is 1.81 bits per heavy atom. The molecule has 0 aliphatic heterocycles. The van der Waals surface area contributed by atoms with Gasteiger partial charge in [-0.25, -0.2) is 0 Å². The molecular weight excluding hydrogens is 254 g/mol. The summed E-state index contributed by atoms with van der Waals surface area (Å²) in [4.78, 5) is 0. The van der Waals surface area contributed by atoms with Crippen LogP contribution in [-0.4, -0.2) is 12.1 Å². The van der Waals surface area contributed by atoms with Crippen molar-refractivity contribution in [3.05, 3.63) is 35.4 Å². The van der Waals surface area contributed by atoms with Crippen molar-refractivity contribution < 1.29 is 0 Å². The Bertz CT molecular complexity index is 443. The normalized spacial score (nSPS) is 24.8. The van der Waals surface area contributed by atoms with Crippen molar-refractivity contribution in [1.29, 1.82) is 0 Å². The molecule has 0 bridgehead atoms. The van der Waals surface area contributed by atoms with E-state index in [1.807, 2.05) is 0 Å². The monoisotopic (exact) mass is 287 g/mol. The fourth-order valence-corrected chi connectivity index (χ4v) is 3.96. The van der Waals surface area contributed by atoms with E-state index in [1.54, 1.807) is 0 Å². The van der Waals surface area contributed by atoms with E-state index in [0.717, 1.165) is 12.3 Å².